The van der Waals surface area contributed by atoms with E-state index in [9.17, 15) is 4.79 Å². The van der Waals surface area contributed by atoms with Crippen LogP contribution in [0.25, 0.3) is 0 Å². The molecule has 1 fully saturated rings. The molecule has 1 N–H and O–H groups in total. The summed E-state index contributed by atoms with van der Waals surface area (Å²) in [5, 5.41) is 3.31. The van der Waals surface area contributed by atoms with Crippen LogP contribution >= 0.6 is 24.0 Å². The predicted octanol–water partition coefficient (Wildman–Crippen LogP) is 2.72. The number of methoxy groups -OCH3 is 1. The molecule has 2 heterocycles. The lowest BCUT2D eigenvalue weighted by Gasteiger charge is -2.21. The van der Waals surface area contributed by atoms with Gasteiger partial charge in [-0.1, -0.05) is 6.92 Å². The molecule has 6 nitrogen and oxygen atoms in total. The Morgan fingerprint density at radius 1 is 1.46 bits per heavy atom. The summed E-state index contributed by atoms with van der Waals surface area (Å²) < 4.78 is 10.4. The van der Waals surface area contributed by atoms with Crippen LogP contribution in [0.3, 0.4) is 0 Å². The Kier molecular flexibility index (Phi) is 8.05. The molecule has 1 aromatic rings. The van der Waals surface area contributed by atoms with Crippen molar-refractivity contribution in [1.29, 1.82) is 0 Å². The summed E-state index contributed by atoms with van der Waals surface area (Å²) in [6, 6.07) is 2.02. The van der Waals surface area contributed by atoms with E-state index in [-0.39, 0.29) is 41.8 Å². The summed E-state index contributed by atoms with van der Waals surface area (Å²) in [5.74, 6) is 2.66. The second kappa shape index (κ2) is 9.29. The molecule has 24 heavy (non-hydrogen) atoms. The number of nitrogens with one attached hydrogen (secondary N) is 1. The molecule has 0 radical (unpaired) electrons. The van der Waals surface area contributed by atoms with Gasteiger partial charge < -0.3 is 19.4 Å². The molecule has 0 saturated carbocycles. The largest absolute Gasteiger partial charge is 0.469 e. The summed E-state index contributed by atoms with van der Waals surface area (Å²) in [5.41, 5.74) is 1.09. The second-order valence-corrected chi connectivity index (χ2v) is 6.12. The van der Waals surface area contributed by atoms with Crippen molar-refractivity contribution in [2.24, 2.45) is 16.8 Å². The number of esters is 1. The SMILES string of the molecule is CCNC(=NCc1cc(C)oc1C)N1CC(C)C(C(=O)OC)C1.I. The molecule has 0 spiro atoms. The smallest absolute Gasteiger partial charge is 0.310 e. The topological polar surface area (TPSA) is 67.1 Å². The highest BCUT2D eigenvalue weighted by Crippen LogP contribution is 2.24. The summed E-state index contributed by atoms with van der Waals surface area (Å²) in [4.78, 5) is 18.7. The summed E-state index contributed by atoms with van der Waals surface area (Å²) >= 11 is 0. The standard InChI is InChI=1S/C17H27N3O3.HI/c1-6-18-17(19-8-14-7-12(3)23-13(14)4)20-9-11(2)15(10-20)16(21)22-5;/h7,11,15H,6,8-10H2,1-5H3,(H,18,19);1H. The zero-order chi connectivity index (χ0) is 17.0. The number of aryl methyl sites for hydroxylation is 2. The van der Waals surface area contributed by atoms with E-state index < -0.39 is 0 Å². The highest BCUT2D eigenvalue weighted by Gasteiger charge is 2.36. The molecule has 2 atom stereocenters. The summed E-state index contributed by atoms with van der Waals surface area (Å²) in [6.45, 7) is 10.8. The predicted molar refractivity (Wildman–Crippen MR) is 105 cm³/mol. The number of nitrogens with zero attached hydrogens (tertiary/aromatic N) is 2. The van der Waals surface area contributed by atoms with E-state index in [2.05, 4.69) is 17.1 Å². The Morgan fingerprint density at radius 2 is 2.17 bits per heavy atom. The number of ether oxygens (including phenoxy) is 1. The molecule has 7 heteroatoms. The number of rotatable bonds is 4. The van der Waals surface area contributed by atoms with Crippen LogP contribution in [0.1, 0.15) is 30.9 Å². The minimum absolute atomic E-state index is 0. The lowest BCUT2D eigenvalue weighted by molar-refractivity contribution is -0.145. The molecule has 0 bridgehead atoms. The van der Waals surface area contributed by atoms with Gasteiger partial charge in [0.1, 0.15) is 11.5 Å². The highest BCUT2D eigenvalue weighted by atomic mass is 127. The van der Waals surface area contributed by atoms with E-state index in [1.54, 1.807) is 0 Å². The average Bonchev–Trinajstić information content (AvgIpc) is 3.05. The molecule has 2 rings (SSSR count). The number of furan rings is 1. The van der Waals surface area contributed by atoms with E-state index in [4.69, 9.17) is 14.1 Å². The van der Waals surface area contributed by atoms with Gasteiger partial charge in [0.2, 0.25) is 0 Å². The third kappa shape index (κ3) is 4.87. The van der Waals surface area contributed by atoms with Gasteiger partial charge in [-0.15, -0.1) is 24.0 Å². The van der Waals surface area contributed by atoms with Crippen LogP contribution in [0.4, 0.5) is 0 Å². The van der Waals surface area contributed by atoms with Gasteiger partial charge in [-0.05, 0) is 32.8 Å². The van der Waals surface area contributed by atoms with E-state index in [0.717, 1.165) is 36.1 Å². The Balaban J connectivity index is 0.00000288. The molecular weight excluding hydrogens is 421 g/mol. The number of guanidine groups is 1. The van der Waals surface area contributed by atoms with E-state index >= 15 is 0 Å². The van der Waals surface area contributed by atoms with Crippen LogP contribution in [0.2, 0.25) is 0 Å². The number of aliphatic imine (C=N–C) groups is 1. The number of likely N-dealkylation sites (tertiary alicyclic amines) is 1. The first kappa shape index (κ1) is 20.8. The molecule has 2 unspecified atom stereocenters. The zero-order valence-corrected chi connectivity index (χ0v) is 17.4. The maximum absolute atomic E-state index is 11.9. The van der Waals surface area contributed by atoms with Crippen molar-refractivity contribution in [2.75, 3.05) is 26.7 Å². The van der Waals surface area contributed by atoms with Gasteiger partial charge in [0.05, 0.1) is 19.6 Å². The van der Waals surface area contributed by atoms with Crippen molar-refractivity contribution in [3.05, 3.63) is 23.2 Å². The van der Waals surface area contributed by atoms with Crippen LogP contribution in [-0.4, -0.2) is 43.6 Å². The van der Waals surface area contributed by atoms with Crippen molar-refractivity contribution >= 4 is 35.9 Å². The van der Waals surface area contributed by atoms with Crippen molar-refractivity contribution < 1.29 is 13.9 Å². The van der Waals surface area contributed by atoms with Gasteiger partial charge >= 0.3 is 5.97 Å². The number of carbonyl (C=O) groups is 1. The third-order valence-corrected chi connectivity index (χ3v) is 4.29. The maximum Gasteiger partial charge on any atom is 0.310 e. The summed E-state index contributed by atoms with van der Waals surface area (Å²) in [6.07, 6.45) is 0. The van der Waals surface area contributed by atoms with E-state index in [0.29, 0.717) is 13.1 Å². The first-order chi connectivity index (χ1) is 11.0. The van der Waals surface area contributed by atoms with Crippen LogP contribution in [0.15, 0.2) is 15.5 Å². The summed E-state index contributed by atoms with van der Waals surface area (Å²) in [7, 11) is 1.45. The molecular formula is C17H28IN3O3. The lowest BCUT2D eigenvalue weighted by atomic mass is 9.99. The van der Waals surface area contributed by atoms with Crippen LogP contribution in [0, 0.1) is 25.7 Å². The first-order valence-electron chi connectivity index (χ1n) is 8.13. The third-order valence-electron chi connectivity index (χ3n) is 4.29. The van der Waals surface area contributed by atoms with E-state index in [1.807, 2.05) is 26.8 Å². The quantitative estimate of drug-likeness (QED) is 0.332. The minimum Gasteiger partial charge on any atom is -0.469 e. The monoisotopic (exact) mass is 449 g/mol. The molecule has 0 aliphatic carbocycles. The number of hydrogen-bond donors (Lipinski definition) is 1. The van der Waals surface area contributed by atoms with Gasteiger partial charge in [0.15, 0.2) is 5.96 Å². The van der Waals surface area contributed by atoms with E-state index in [1.165, 1.54) is 7.11 Å². The van der Waals surface area contributed by atoms with Crippen molar-refractivity contribution in [2.45, 2.75) is 34.2 Å². The average molecular weight is 449 g/mol. The number of carbonyl (C=O) groups excluding carboxylic acids is 1. The second-order valence-electron chi connectivity index (χ2n) is 6.12. The lowest BCUT2D eigenvalue weighted by Crippen LogP contribution is -2.40. The minimum atomic E-state index is -0.142. The molecule has 1 aromatic heterocycles. The number of halogens is 1. The molecule has 136 valence electrons. The van der Waals surface area contributed by atoms with Crippen LogP contribution < -0.4 is 5.32 Å². The zero-order valence-electron chi connectivity index (χ0n) is 15.1. The van der Waals surface area contributed by atoms with Crippen molar-refractivity contribution in [1.82, 2.24) is 10.2 Å². The van der Waals surface area contributed by atoms with Crippen molar-refractivity contribution in [3.63, 3.8) is 0 Å². The normalized spacial score (nSPS) is 20.7. The van der Waals surface area contributed by atoms with Gasteiger partial charge in [-0.3, -0.25) is 4.79 Å². The van der Waals surface area contributed by atoms with Crippen LogP contribution in [0.5, 0.6) is 0 Å². The Labute approximate surface area is 161 Å². The van der Waals surface area contributed by atoms with Crippen molar-refractivity contribution in [3.8, 4) is 0 Å². The Morgan fingerprint density at radius 3 is 2.71 bits per heavy atom. The molecule has 1 aliphatic rings. The van der Waals surface area contributed by atoms with Gasteiger partial charge in [-0.2, -0.15) is 0 Å². The fourth-order valence-corrected chi connectivity index (χ4v) is 3.02. The van der Waals surface area contributed by atoms with Gasteiger partial charge in [-0.25, -0.2) is 4.99 Å². The van der Waals surface area contributed by atoms with Gasteiger partial charge in [0, 0.05) is 25.2 Å². The number of hydrogen-bond acceptors (Lipinski definition) is 4. The fourth-order valence-electron chi connectivity index (χ4n) is 3.02. The molecule has 1 saturated heterocycles. The Bertz CT molecular complexity index is 586. The first-order valence-corrected chi connectivity index (χ1v) is 8.13. The molecule has 1 aliphatic heterocycles. The van der Waals surface area contributed by atoms with Crippen LogP contribution in [-0.2, 0) is 16.1 Å². The molecule has 0 aromatic carbocycles. The highest BCUT2D eigenvalue weighted by molar-refractivity contribution is 14.0. The van der Waals surface area contributed by atoms with Gasteiger partial charge in [0.25, 0.3) is 0 Å². The maximum atomic E-state index is 11.9. The molecule has 0 amide bonds. The fraction of sp³-hybridized carbons (Fsp3) is 0.647. The Hall–Kier alpha value is -1.25.